The molecule has 0 fully saturated rings. The Balaban J connectivity index is 1.87. The number of thioether (sulfide) groups is 1. The van der Waals surface area contributed by atoms with Crippen molar-refractivity contribution in [2.24, 2.45) is 0 Å². The monoisotopic (exact) mass is 322 g/mol. The molecule has 0 N–H and O–H groups in total. The molecule has 3 nitrogen and oxygen atoms in total. The van der Waals surface area contributed by atoms with E-state index in [1.54, 1.807) is 0 Å². The zero-order valence-electron chi connectivity index (χ0n) is 12.3. The number of Topliss-reactive ketones (excluding diaryl/α,β-unsaturated/α-hetero) is 1. The first kappa shape index (κ1) is 16.1. The number of ketones is 1. The standard InChI is InChI=1S/C16H19ClN2OS/c1-3-12(2)19-9-8-13(18-19)10-14(20)11-21-16-7-5-4-6-15(16)17/h4-9,12H,3,10-11H2,1-2H3. The Kier molecular flexibility index (Phi) is 5.88. The third kappa shape index (κ3) is 4.61. The molecule has 2 rings (SSSR count). The minimum absolute atomic E-state index is 0.161. The van der Waals surface area contributed by atoms with Crippen molar-refractivity contribution in [3.05, 3.63) is 47.2 Å². The molecule has 1 aromatic heterocycles. The van der Waals surface area contributed by atoms with Gasteiger partial charge in [-0.25, -0.2) is 0 Å². The summed E-state index contributed by atoms with van der Waals surface area (Å²) in [6.45, 7) is 4.24. The summed E-state index contributed by atoms with van der Waals surface area (Å²) < 4.78 is 1.92. The largest absolute Gasteiger partial charge is 0.298 e. The Bertz CT molecular complexity index is 612. The van der Waals surface area contributed by atoms with Crippen molar-refractivity contribution in [3.63, 3.8) is 0 Å². The van der Waals surface area contributed by atoms with E-state index in [0.29, 0.717) is 23.2 Å². The normalized spacial score (nSPS) is 12.3. The molecule has 0 amide bonds. The maximum Gasteiger partial charge on any atom is 0.149 e. The minimum Gasteiger partial charge on any atom is -0.298 e. The average Bonchev–Trinajstić information content (AvgIpc) is 2.94. The molecule has 0 radical (unpaired) electrons. The van der Waals surface area contributed by atoms with Gasteiger partial charge in [0, 0.05) is 17.1 Å². The third-order valence-electron chi connectivity index (χ3n) is 3.31. The van der Waals surface area contributed by atoms with Crippen LogP contribution in [-0.2, 0) is 11.2 Å². The van der Waals surface area contributed by atoms with Gasteiger partial charge in [0.05, 0.1) is 22.9 Å². The molecule has 0 bridgehead atoms. The lowest BCUT2D eigenvalue weighted by Crippen LogP contribution is -2.09. The van der Waals surface area contributed by atoms with Crippen LogP contribution in [0.2, 0.25) is 5.02 Å². The number of halogens is 1. The summed E-state index contributed by atoms with van der Waals surface area (Å²) in [5.41, 5.74) is 0.833. The van der Waals surface area contributed by atoms with E-state index in [1.807, 2.05) is 41.2 Å². The molecule has 0 aliphatic rings. The summed E-state index contributed by atoms with van der Waals surface area (Å²) in [6, 6.07) is 9.86. The van der Waals surface area contributed by atoms with Gasteiger partial charge in [-0.2, -0.15) is 5.10 Å². The van der Waals surface area contributed by atoms with Gasteiger partial charge in [0.25, 0.3) is 0 Å². The van der Waals surface area contributed by atoms with Crippen molar-refractivity contribution >= 4 is 29.1 Å². The average molecular weight is 323 g/mol. The third-order valence-corrected chi connectivity index (χ3v) is 4.88. The molecule has 2 aromatic rings. The summed E-state index contributed by atoms with van der Waals surface area (Å²) in [5.74, 6) is 0.578. The van der Waals surface area contributed by atoms with E-state index in [1.165, 1.54) is 11.8 Å². The molecule has 1 unspecified atom stereocenters. The van der Waals surface area contributed by atoms with Crippen LogP contribution in [0.4, 0.5) is 0 Å². The number of nitrogens with zero attached hydrogens (tertiary/aromatic N) is 2. The van der Waals surface area contributed by atoms with Gasteiger partial charge in [-0.1, -0.05) is 30.7 Å². The second-order valence-corrected chi connectivity index (χ2v) is 6.40. The molecule has 1 heterocycles. The predicted molar refractivity (Wildman–Crippen MR) is 88.1 cm³/mol. The Hall–Kier alpha value is -1.26. The molecule has 0 aliphatic carbocycles. The molecule has 5 heteroatoms. The van der Waals surface area contributed by atoms with E-state index in [0.717, 1.165) is 17.0 Å². The molecular weight excluding hydrogens is 304 g/mol. The van der Waals surface area contributed by atoms with E-state index < -0.39 is 0 Å². The first-order valence-electron chi connectivity index (χ1n) is 7.03. The second-order valence-electron chi connectivity index (χ2n) is 4.98. The molecule has 0 aliphatic heterocycles. The van der Waals surface area contributed by atoms with Gasteiger partial charge in [-0.05, 0) is 31.5 Å². The van der Waals surface area contributed by atoms with Crippen LogP contribution in [0, 0.1) is 0 Å². The summed E-state index contributed by atoms with van der Waals surface area (Å²) >= 11 is 7.55. The number of aromatic nitrogens is 2. The fourth-order valence-electron chi connectivity index (χ4n) is 1.88. The van der Waals surface area contributed by atoms with E-state index in [9.17, 15) is 4.79 Å². The molecule has 0 spiro atoms. The Morgan fingerprint density at radius 3 is 2.86 bits per heavy atom. The quantitative estimate of drug-likeness (QED) is 0.708. The van der Waals surface area contributed by atoms with Gasteiger partial charge in [-0.15, -0.1) is 11.8 Å². The second kappa shape index (κ2) is 7.66. The first-order valence-corrected chi connectivity index (χ1v) is 8.39. The van der Waals surface area contributed by atoms with Gasteiger partial charge >= 0.3 is 0 Å². The number of hydrogen-bond donors (Lipinski definition) is 0. The molecule has 0 saturated carbocycles. The maximum absolute atomic E-state index is 12.0. The Morgan fingerprint density at radius 1 is 1.38 bits per heavy atom. The molecule has 1 aromatic carbocycles. The van der Waals surface area contributed by atoms with Crippen LogP contribution >= 0.6 is 23.4 Å². The van der Waals surface area contributed by atoms with Crippen LogP contribution < -0.4 is 0 Å². The zero-order valence-corrected chi connectivity index (χ0v) is 13.8. The van der Waals surface area contributed by atoms with Crippen molar-refractivity contribution in [2.75, 3.05) is 5.75 Å². The highest BCUT2D eigenvalue weighted by Gasteiger charge is 2.10. The SMILES string of the molecule is CCC(C)n1ccc(CC(=O)CSc2ccccc2Cl)n1. The maximum atomic E-state index is 12.0. The van der Waals surface area contributed by atoms with Gasteiger partial charge < -0.3 is 0 Å². The first-order chi connectivity index (χ1) is 10.1. The van der Waals surface area contributed by atoms with E-state index >= 15 is 0 Å². The lowest BCUT2D eigenvalue weighted by Gasteiger charge is -2.08. The van der Waals surface area contributed by atoms with Crippen LogP contribution in [-0.4, -0.2) is 21.3 Å². The van der Waals surface area contributed by atoms with Crippen molar-refractivity contribution < 1.29 is 4.79 Å². The Morgan fingerprint density at radius 2 is 2.14 bits per heavy atom. The smallest absolute Gasteiger partial charge is 0.149 e. The van der Waals surface area contributed by atoms with Crippen molar-refractivity contribution in [3.8, 4) is 0 Å². The number of hydrogen-bond acceptors (Lipinski definition) is 3. The molecule has 21 heavy (non-hydrogen) atoms. The molecule has 0 saturated heterocycles. The van der Waals surface area contributed by atoms with Crippen molar-refractivity contribution in [2.45, 2.75) is 37.6 Å². The van der Waals surface area contributed by atoms with Crippen LogP contribution in [0.3, 0.4) is 0 Å². The van der Waals surface area contributed by atoms with Gasteiger partial charge in [0.2, 0.25) is 0 Å². The molecular formula is C16H19ClN2OS. The number of benzene rings is 1. The summed E-state index contributed by atoms with van der Waals surface area (Å²) in [7, 11) is 0. The zero-order chi connectivity index (χ0) is 15.2. The summed E-state index contributed by atoms with van der Waals surface area (Å²) in [4.78, 5) is 13.0. The summed E-state index contributed by atoms with van der Waals surface area (Å²) in [5, 5.41) is 5.15. The number of carbonyl (C=O) groups is 1. The topological polar surface area (TPSA) is 34.9 Å². The van der Waals surface area contributed by atoms with E-state index in [-0.39, 0.29) is 5.78 Å². The van der Waals surface area contributed by atoms with Gasteiger partial charge in [0.1, 0.15) is 5.78 Å². The predicted octanol–water partition coefficient (Wildman–Crippen LogP) is 4.41. The van der Waals surface area contributed by atoms with Crippen molar-refractivity contribution in [1.82, 2.24) is 9.78 Å². The van der Waals surface area contributed by atoms with Gasteiger partial charge in [0.15, 0.2) is 0 Å². The van der Waals surface area contributed by atoms with Crippen LogP contribution in [0.5, 0.6) is 0 Å². The fraction of sp³-hybridized carbons (Fsp3) is 0.375. The highest BCUT2D eigenvalue weighted by molar-refractivity contribution is 8.00. The molecule has 1 atom stereocenters. The fourth-order valence-corrected chi connectivity index (χ4v) is 2.98. The lowest BCUT2D eigenvalue weighted by molar-refractivity contribution is -0.116. The van der Waals surface area contributed by atoms with E-state index in [4.69, 9.17) is 11.6 Å². The van der Waals surface area contributed by atoms with E-state index in [2.05, 4.69) is 18.9 Å². The molecule has 112 valence electrons. The Labute approximate surface area is 134 Å². The number of carbonyl (C=O) groups excluding carboxylic acids is 1. The van der Waals surface area contributed by atoms with Crippen LogP contribution in [0.15, 0.2) is 41.4 Å². The minimum atomic E-state index is 0.161. The highest BCUT2D eigenvalue weighted by atomic mass is 35.5. The van der Waals surface area contributed by atoms with Crippen LogP contribution in [0.1, 0.15) is 32.0 Å². The lowest BCUT2D eigenvalue weighted by atomic mass is 10.2. The van der Waals surface area contributed by atoms with Gasteiger partial charge in [-0.3, -0.25) is 9.48 Å². The van der Waals surface area contributed by atoms with Crippen molar-refractivity contribution in [1.29, 1.82) is 0 Å². The summed E-state index contributed by atoms with van der Waals surface area (Å²) in [6.07, 6.45) is 3.34. The van der Waals surface area contributed by atoms with Crippen LogP contribution in [0.25, 0.3) is 0 Å². The number of rotatable bonds is 7. The highest BCUT2D eigenvalue weighted by Crippen LogP contribution is 2.26.